The summed E-state index contributed by atoms with van der Waals surface area (Å²) in [7, 11) is -3.46. The fourth-order valence-electron chi connectivity index (χ4n) is 4.37. The normalized spacial score (nSPS) is 14.3. The number of anilines is 2. The van der Waals surface area contributed by atoms with Crippen molar-refractivity contribution < 1.29 is 27.5 Å². The van der Waals surface area contributed by atoms with Crippen LogP contribution in [0.4, 0.5) is 21.2 Å². The van der Waals surface area contributed by atoms with Crippen LogP contribution in [0.5, 0.6) is 0 Å². The van der Waals surface area contributed by atoms with Gasteiger partial charge in [0, 0.05) is 38.5 Å². The third kappa shape index (κ3) is 7.10. The molecule has 1 aromatic carbocycles. The first-order valence-electron chi connectivity index (χ1n) is 13.2. The van der Waals surface area contributed by atoms with Gasteiger partial charge in [-0.15, -0.1) is 0 Å². The Labute approximate surface area is 248 Å². The number of nitrogens with zero attached hydrogens (tertiary/aromatic N) is 6. The number of rotatable bonds is 6. The number of carbonyl (C=O) groups excluding carboxylic acids is 2. The molecule has 3 aromatic rings. The first kappa shape index (κ1) is 30.6. The van der Waals surface area contributed by atoms with Crippen LogP contribution >= 0.6 is 15.9 Å². The highest BCUT2D eigenvalue weighted by Crippen LogP contribution is 2.31. The lowest BCUT2D eigenvalue weighted by Gasteiger charge is -2.35. The van der Waals surface area contributed by atoms with E-state index < -0.39 is 21.5 Å². The van der Waals surface area contributed by atoms with Gasteiger partial charge in [-0.3, -0.25) is 4.90 Å². The molecule has 0 bridgehead atoms. The summed E-state index contributed by atoms with van der Waals surface area (Å²) in [5.74, 6) is 0.987. The van der Waals surface area contributed by atoms with Crippen LogP contribution in [0.25, 0.3) is 5.65 Å². The second kappa shape index (κ2) is 11.8. The van der Waals surface area contributed by atoms with Crippen molar-refractivity contribution in [1.82, 2.24) is 19.5 Å². The second-order valence-electron chi connectivity index (χ2n) is 10.8. The zero-order valence-corrected chi connectivity index (χ0v) is 26.5. The van der Waals surface area contributed by atoms with Crippen molar-refractivity contribution >= 4 is 55.2 Å². The summed E-state index contributed by atoms with van der Waals surface area (Å²) in [6, 6.07) is 8.22. The first-order valence-corrected chi connectivity index (χ1v) is 15.9. The van der Waals surface area contributed by atoms with Gasteiger partial charge < -0.3 is 19.3 Å². The van der Waals surface area contributed by atoms with Crippen LogP contribution in [0, 0.1) is 6.92 Å². The zero-order chi connectivity index (χ0) is 30.1. The predicted molar refractivity (Wildman–Crippen MR) is 158 cm³/mol. The average molecular weight is 652 g/mol. The lowest BCUT2D eigenvalue weighted by atomic mass is 10.2. The van der Waals surface area contributed by atoms with E-state index in [-0.39, 0.29) is 17.5 Å². The topological polar surface area (TPSA) is 127 Å². The van der Waals surface area contributed by atoms with Gasteiger partial charge in [0.1, 0.15) is 17.2 Å². The molecule has 14 heteroatoms. The molecule has 1 aliphatic rings. The maximum atomic E-state index is 13.7. The molecule has 222 valence electrons. The Bertz CT molecular complexity index is 1560. The van der Waals surface area contributed by atoms with E-state index in [1.54, 1.807) is 61.4 Å². The molecule has 0 N–H and O–H groups in total. The van der Waals surface area contributed by atoms with Gasteiger partial charge >= 0.3 is 12.2 Å². The molecular weight excluding hydrogens is 616 g/mol. The van der Waals surface area contributed by atoms with Crippen LogP contribution in [0.1, 0.15) is 39.0 Å². The Kier molecular flexibility index (Phi) is 8.83. The Morgan fingerprint density at radius 2 is 1.80 bits per heavy atom. The molecule has 2 aromatic heterocycles. The number of hydrogen-bond donors (Lipinski definition) is 0. The highest BCUT2D eigenvalue weighted by atomic mass is 79.9. The lowest BCUT2D eigenvalue weighted by Crippen LogP contribution is -2.49. The van der Waals surface area contributed by atoms with Gasteiger partial charge in [-0.2, -0.15) is 9.61 Å². The molecule has 1 fully saturated rings. The molecule has 0 aliphatic carbocycles. The van der Waals surface area contributed by atoms with Crippen LogP contribution in [0.2, 0.25) is 0 Å². The van der Waals surface area contributed by atoms with Gasteiger partial charge in [0.05, 0.1) is 28.2 Å². The molecule has 0 unspecified atom stereocenters. The van der Waals surface area contributed by atoms with E-state index in [0.29, 0.717) is 65.8 Å². The van der Waals surface area contributed by atoms with Crippen molar-refractivity contribution in [3.8, 4) is 0 Å². The molecule has 1 saturated heterocycles. The number of benzene rings is 1. The number of amides is 2. The van der Waals surface area contributed by atoms with Crippen LogP contribution in [0.3, 0.4) is 0 Å². The van der Waals surface area contributed by atoms with Crippen molar-refractivity contribution in [2.24, 2.45) is 0 Å². The average Bonchev–Trinajstić information content (AvgIpc) is 3.19. The van der Waals surface area contributed by atoms with E-state index in [4.69, 9.17) is 14.5 Å². The lowest BCUT2D eigenvalue weighted by molar-refractivity contribution is 0.0575. The van der Waals surface area contributed by atoms with E-state index in [1.165, 1.54) is 11.0 Å². The summed E-state index contributed by atoms with van der Waals surface area (Å²) >= 11 is 3.59. The van der Waals surface area contributed by atoms with Crippen molar-refractivity contribution in [2.75, 3.05) is 48.8 Å². The molecule has 1 aliphatic heterocycles. The van der Waals surface area contributed by atoms with Gasteiger partial charge in [0.25, 0.3) is 0 Å². The van der Waals surface area contributed by atoms with Crippen molar-refractivity contribution in [2.45, 2.75) is 51.7 Å². The molecule has 0 radical (unpaired) electrons. The standard InChI is InChI=1S/C27H35BrN6O6S/c1-7-39-25(35)32-13-11-31(12-14-32)21-16-22(34-24(29-21)23(28)18(2)30-34)33(26(36)40-27(3,4)5)17-19-9-8-10-20(15-19)41(6,37)38/h8-10,15-16H,7,11-14,17H2,1-6H3. The number of piperazine rings is 1. The Balaban J connectivity index is 1.79. The molecule has 0 atom stereocenters. The van der Waals surface area contributed by atoms with Gasteiger partial charge in [0.2, 0.25) is 0 Å². The fourth-order valence-corrected chi connectivity index (χ4v) is 5.40. The molecule has 2 amide bonds. The van der Waals surface area contributed by atoms with Crippen molar-refractivity contribution in [3.63, 3.8) is 0 Å². The van der Waals surface area contributed by atoms with Gasteiger partial charge in [0.15, 0.2) is 15.5 Å². The van der Waals surface area contributed by atoms with E-state index in [2.05, 4.69) is 21.0 Å². The number of aryl methyl sites for hydroxylation is 1. The number of fused-ring (bicyclic) bond motifs is 1. The van der Waals surface area contributed by atoms with Crippen molar-refractivity contribution in [3.05, 3.63) is 46.1 Å². The molecule has 12 nitrogen and oxygen atoms in total. The minimum atomic E-state index is -3.46. The fraction of sp³-hybridized carbons (Fsp3) is 0.481. The minimum Gasteiger partial charge on any atom is -0.450 e. The van der Waals surface area contributed by atoms with E-state index >= 15 is 0 Å². The molecule has 41 heavy (non-hydrogen) atoms. The summed E-state index contributed by atoms with van der Waals surface area (Å²) in [6.45, 7) is 11.2. The molecule has 0 spiro atoms. The van der Waals surface area contributed by atoms with Crippen LogP contribution in [-0.2, 0) is 25.9 Å². The summed E-state index contributed by atoms with van der Waals surface area (Å²) in [5, 5.41) is 4.63. The second-order valence-corrected chi connectivity index (χ2v) is 13.6. The summed E-state index contributed by atoms with van der Waals surface area (Å²) in [5.41, 5.74) is 0.979. The highest BCUT2D eigenvalue weighted by molar-refractivity contribution is 9.10. The van der Waals surface area contributed by atoms with E-state index in [1.807, 2.05) is 11.8 Å². The summed E-state index contributed by atoms with van der Waals surface area (Å²) < 4.78 is 37.6. The quantitative estimate of drug-likeness (QED) is 0.381. The highest BCUT2D eigenvalue weighted by Gasteiger charge is 2.30. The number of sulfone groups is 1. The Morgan fingerprint density at radius 1 is 1.12 bits per heavy atom. The molecule has 0 saturated carbocycles. The zero-order valence-electron chi connectivity index (χ0n) is 24.0. The smallest absolute Gasteiger partial charge is 0.416 e. The Morgan fingerprint density at radius 3 is 2.41 bits per heavy atom. The van der Waals surface area contributed by atoms with Gasteiger partial charge in [-0.1, -0.05) is 12.1 Å². The largest absolute Gasteiger partial charge is 0.450 e. The number of hydrogen-bond acceptors (Lipinski definition) is 9. The van der Waals surface area contributed by atoms with Gasteiger partial charge in [-0.05, 0) is 68.2 Å². The number of aromatic nitrogens is 3. The minimum absolute atomic E-state index is 0.0178. The SMILES string of the molecule is CCOC(=O)N1CCN(c2cc(N(Cc3cccc(S(C)(=O)=O)c3)C(=O)OC(C)(C)C)n3nc(C)c(Br)c3n2)CC1. The first-order chi connectivity index (χ1) is 19.2. The molecule has 4 rings (SSSR count). The van der Waals surface area contributed by atoms with Crippen molar-refractivity contribution in [1.29, 1.82) is 0 Å². The number of halogens is 1. The van der Waals surface area contributed by atoms with Crippen LogP contribution < -0.4 is 9.80 Å². The van der Waals surface area contributed by atoms with E-state index in [0.717, 1.165) is 6.26 Å². The summed E-state index contributed by atoms with van der Waals surface area (Å²) in [6.07, 6.45) is 0.164. The maximum Gasteiger partial charge on any atom is 0.416 e. The summed E-state index contributed by atoms with van der Waals surface area (Å²) in [4.78, 5) is 36.0. The molecule has 3 heterocycles. The maximum absolute atomic E-state index is 13.7. The predicted octanol–water partition coefficient (Wildman–Crippen LogP) is 4.42. The monoisotopic (exact) mass is 650 g/mol. The van der Waals surface area contributed by atoms with E-state index in [9.17, 15) is 18.0 Å². The number of ether oxygens (including phenoxy) is 2. The number of carbonyl (C=O) groups is 2. The van der Waals surface area contributed by atoms with Crippen LogP contribution in [0.15, 0.2) is 39.7 Å². The third-order valence-corrected chi connectivity index (χ3v) is 8.39. The third-order valence-electron chi connectivity index (χ3n) is 6.35. The molecular formula is C27H35BrN6O6S. The van der Waals surface area contributed by atoms with Crippen LogP contribution in [-0.4, -0.2) is 84.7 Å². The Hall–Kier alpha value is -3.39. The van der Waals surface area contributed by atoms with Gasteiger partial charge in [-0.25, -0.2) is 23.0 Å².